The minimum Gasteiger partial charge on any atom is -0.487 e. The summed E-state index contributed by atoms with van der Waals surface area (Å²) >= 11 is 0. The topological polar surface area (TPSA) is 119 Å². The Bertz CT molecular complexity index is 1190. The molecule has 0 saturated carbocycles. The maximum atomic E-state index is 14.3. The van der Waals surface area contributed by atoms with E-state index < -0.39 is 17.9 Å². The van der Waals surface area contributed by atoms with E-state index >= 15 is 0 Å². The highest BCUT2D eigenvalue weighted by atomic mass is 19.1. The van der Waals surface area contributed by atoms with Gasteiger partial charge in [-0.1, -0.05) is 0 Å². The molecule has 154 valence electrons. The zero-order valence-corrected chi connectivity index (χ0v) is 16.4. The largest absolute Gasteiger partial charge is 0.487 e. The van der Waals surface area contributed by atoms with Crippen LogP contribution in [0.5, 0.6) is 5.75 Å². The molecule has 30 heavy (non-hydrogen) atoms. The van der Waals surface area contributed by atoms with E-state index in [9.17, 15) is 14.4 Å². The molecule has 2 aromatic heterocycles. The number of hydrogen-bond acceptors (Lipinski definition) is 8. The van der Waals surface area contributed by atoms with Crippen LogP contribution < -0.4 is 15.4 Å². The number of carbonyl (C=O) groups is 1. The van der Waals surface area contributed by atoms with Gasteiger partial charge in [0, 0.05) is 18.7 Å². The number of nitrogen functional groups attached to an aromatic ring is 1. The van der Waals surface area contributed by atoms with Gasteiger partial charge in [0.1, 0.15) is 36.2 Å². The summed E-state index contributed by atoms with van der Waals surface area (Å²) in [6, 6.07) is 7.97. The molecule has 4 rings (SSSR count). The first-order chi connectivity index (χ1) is 14.4. The van der Waals surface area contributed by atoms with E-state index in [4.69, 9.17) is 15.2 Å². The minimum atomic E-state index is -0.681. The van der Waals surface area contributed by atoms with Crippen molar-refractivity contribution < 1.29 is 18.7 Å². The Kier molecular flexibility index (Phi) is 4.87. The van der Waals surface area contributed by atoms with Gasteiger partial charge in [-0.15, -0.1) is 5.10 Å². The summed E-state index contributed by atoms with van der Waals surface area (Å²) in [6.07, 6.45) is -0.554. The number of imidazole rings is 1. The van der Waals surface area contributed by atoms with Gasteiger partial charge in [-0.05, 0) is 38.1 Å². The summed E-state index contributed by atoms with van der Waals surface area (Å²) in [7, 11) is 0. The first kappa shape index (κ1) is 19.4. The minimum absolute atomic E-state index is 0.00765. The summed E-state index contributed by atoms with van der Waals surface area (Å²) in [4.78, 5) is 18.6. The number of aromatic nitrogens is 3. The number of cyclic esters (lactones) is 1. The summed E-state index contributed by atoms with van der Waals surface area (Å²) in [5.41, 5.74) is 6.63. The zero-order valence-electron chi connectivity index (χ0n) is 16.4. The molecular weight excluding hydrogens is 391 g/mol. The molecule has 0 amide bonds. The van der Waals surface area contributed by atoms with Crippen LogP contribution in [-0.2, 0) is 11.3 Å². The Balaban J connectivity index is 1.92. The van der Waals surface area contributed by atoms with Gasteiger partial charge in [0.15, 0.2) is 17.2 Å². The van der Waals surface area contributed by atoms with Crippen LogP contribution in [0.25, 0.3) is 5.65 Å². The van der Waals surface area contributed by atoms with Crippen LogP contribution >= 0.6 is 0 Å². The average molecular weight is 410 g/mol. The number of fused-ring (bicyclic) bond motifs is 2. The number of anilines is 2. The molecule has 9 nitrogen and oxygen atoms in total. The van der Waals surface area contributed by atoms with Gasteiger partial charge in [0.2, 0.25) is 0 Å². The Morgan fingerprint density at radius 3 is 2.90 bits per heavy atom. The van der Waals surface area contributed by atoms with Crippen LogP contribution in [0.1, 0.15) is 35.5 Å². The molecule has 2 N–H and O–H groups in total. The van der Waals surface area contributed by atoms with E-state index in [2.05, 4.69) is 10.1 Å². The van der Waals surface area contributed by atoms with Gasteiger partial charge in [-0.2, -0.15) is 5.26 Å². The van der Waals surface area contributed by atoms with Crippen LogP contribution in [0.3, 0.4) is 0 Å². The Morgan fingerprint density at radius 1 is 1.37 bits per heavy atom. The summed E-state index contributed by atoms with van der Waals surface area (Å²) in [5, 5.41) is 14.0. The number of carbonyl (C=O) groups excluding carboxylic acids is 1. The van der Waals surface area contributed by atoms with Gasteiger partial charge in [0.05, 0.1) is 5.56 Å². The van der Waals surface area contributed by atoms with E-state index in [0.717, 1.165) is 0 Å². The Morgan fingerprint density at radius 2 is 2.17 bits per heavy atom. The Hall–Kier alpha value is -3.87. The van der Waals surface area contributed by atoms with Crippen molar-refractivity contribution in [2.24, 2.45) is 0 Å². The molecule has 10 heteroatoms. The Labute approximate surface area is 171 Å². The maximum Gasteiger partial charge on any atom is 0.361 e. The van der Waals surface area contributed by atoms with Gasteiger partial charge < -0.3 is 20.1 Å². The standard InChI is InChI=1S/C20H19FN6O3/c1-3-26-9-13-12(8-22)14(21)4-5-15(13)30-11(2)10-29-20(28)18-19(23)24-16-6-7-17(26)25-27(16)18/h4-7,11H,3,9-10,23H2,1-2H3/t11-/m0/s1. The average Bonchev–Trinajstić information content (AvgIpc) is 3.06. The van der Waals surface area contributed by atoms with Crippen molar-refractivity contribution in [2.75, 3.05) is 23.8 Å². The van der Waals surface area contributed by atoms with Gasteiger partial charge in [-0.25, -0.2) is 18.7 Å². The molecule has 1 aliphatic rings. The summed E-state index contributed by atoms with van der Waals surface area (Å²) in [6.45, 7) is 4.19. The molecule has 1 atom stereocenters. The SMILES string of the molecule is CCN1Cc2c(ccc(F)c2C#N)O[C@@H](C)COC(=O)c2c(N)nc3ccc1nn23. The van der Waals surface area contributed by atoms with Crippen LogP contribution in [-0.4, -0.2) is 39.8 Å². The number of hydrogen-bond donors (Lipinski definition) is 1. The summed E-state index contributed by atoms with van der Waals surface area (Å²) < 4.78 is 26.9. The quantitative estimate of drug-likeness (QED) is 0.607. The lowest BCUT2D eigenvalue weighted by molar-refractivity contribution is 0.0332. The van der Waals surface area contributed by atoms with Crippen molar-refractivity contribution in [1.82, 2.24) is 14.6 Å². The van der Waals surface area contributed by atoms with Crippen molar-refractivity contribution >= 4 is 23.3 Å². The lowest BCUT2D eigenvalue weighted by Crippen LogP contribution is -2.26. The second kappa shape index (κ2) is 7.51. The predicted octanol–water partition coefficient (Wildman–Crippen LogP) is 2.29. The highest BCUT2D eigenvalue weighted by molar-refractivity contribution is 5.93. The van der Waals surface area contributed by atoms with Gasteiger partial charge >= 0.3 is 5.97 Å². The molecule has 3 heterocycles. The molecule has 1 aromatic carbocycles. The monoisotopic (exact) mass is 410 g/mol. The lowest BCUT2D eigenvalue weighted by atomic mass is 10.1. The molecule has 0 saturated heterocycles. The fraction of sp³-hybridized carbons (Fsp3) is 0.300. The lowest BCUT2D eigenvalue weighted by Gasteiger charge is -2.24. The predicted molar refractivity (Wildman–Crippen MR) is 106 cm³/mol. The maximum absolute atomic E-state index is 14.3. The van der Waals surface area contributed by atoms with E-state index in [-0.39, 0.29) is 30.2 Å². The van der Waals surface area contributed by atoms with Crippen LogP contribution in [0.4, 0.5) is 16.0 Å². The van der Waals surface area contributed by atoms with Crippen molar-refractivity contribution in [1.29, 1.82) is 5.26 Å². The molecule has 0 spiro atoms. The van der Waals surface area contributed by atoms with Crippen molar-refractivity contribution in [3.63, 3.8) is 0 Å². The first-order valence-electron chi connectivity index (χ1n) is 9.38. The second-order valence-corrected chi connectivity index (χ2v) is 6.86. The molecule has 0 fully saturated rings. The molecule has 2 bridgehead atoms. The van der Waals surface area contributed by atoms with Gasteiger partial charge in [-0.3, -0.25) is 0 Å². The van der Waals surface area contributed by atoms with E-state index in [1.54, 1.807) is 19.1 Å². The second-order valence-electron chi connectivity index (χ2n) is 6.86. The number of halogens is 1. The third kappa shape index (κ3) is 3.24. The van der Waals surface area contributed by atoms with Gasteiger partial charge in [0.25, 0.3) is 0 Å². The van der Waals surface area contributed by atoms with Crippen LogP contribution in [0.15, 0.2) is 24.3 Å². The molecule has 0 radical (unpaired) electrons. The zero-order chi connectivity index (χ0) is 21.4. The number of nitrogens with two attached hydrogens (primary N) is 1. The smallest absolute Gasteiger partial charge is 0.361 e. The van der Waals surface area contributed by atoms with Crippen LogP contribution in [0.2, 0.25) is 0 Å². The molecule has 0 unspecified atom stereocenters. The van der Waals surface area contributed by atoms with E-state index in [0.29, 0.717) is 29.3 Å². The number of esters is 1. The van der Waals surface area contributed by atoms with E-state index in [1.807, 2.05) is 17.9 Å². The van der Waals surface area contributed by atoms with Crippen molar-refractivity contribution in [3.05, 3.63) is 46.9 Å². The number of benzene rings is 1. The summed E-state index contributed by atoms with van der Waals surface area (Å²) in [5.74, 6) is -0.473. The molecule has 1 aliphatic heterocycles. The molecule has 3 aromatic rings. The number of nitriles is 1. The highest BCUT2D eigenvalue weighted by Crippen LogP contribution is 2.29. The fourth-order valence-corrected chi connectivity index (χ4v) is 3.35. The van der Waals surface area contributed by atoms with Crippen molar-refractivity contribution in [3.8, 4) is 11.8 Å². The normalized spacial score (nSPS) is 16.7. The molecular formula is C20H19FN6O3. The van der Waals surface area contributed by atoms with Crippen molar-refractivity contribution in [2.45, 2.75) is 26.5 Å². The third-order valence-corrected chi connectivity index (χ3v) is 4.85. The van der Waals surface area contributed by atoms with Crippen LogP contribution in [0, 0.1) is 17.1 Å². The first-order valence-corrected chi connectivity index (χ1v) is 9.38. The fourth-order valence-electron chi connectivity index (χ4n) is 3.35. The number of ether oxygens (including phenoxy) is 2. The third-order valence-electron chi connectivity index (χ3n) is 4.85. The number of nitrogens with zero attached hydrogens (tertiary/aromatic N) is 5. The molecule has 0 aliphatic carbocycles. The highest BCUT2D eigenvalue weighted by Gasteiger charge is 2.25. The van der Waals surface area contributed by atoms with E-state index in [1.165, 1.54) is 16.6 Å². The number of rotatable bonds is 1.